The van der Waals surface area contributed by atoms with Gasteiger partial charge in [0.1, 0.15) is 11.6 Å². The van der Waals surface area contributed by atoms with Crippen LogP contribution in [0.5, 0.6) is 0 Å². The van der Waals surface area contributed by atoms with Gasteiger partial charge in [-0.25, -0.2) is 28.5 Å². The van der Waals surface area contributed by atoms with Crippen LogP contribution in [0, 0.1) is 25.5 Å². The summed E-state index contributed by atoms with van der Waals surface area (Å²) in [6, 6.07) is 14.3. The summed E-state index contributed by atoms with van der Waals surface area (Å²) in [4.78, 5) is 87.8. The number of carboxylic acids is 1. The highest BCUT2D eigenvalue weighted by molar-refractivity contribution is 7.14. The molecule has 2 aliphatic rings. The van der Waals surface area contributed by atoms with Crippen molar-refractivity contribution in [2.24, 2.45) is 0 Å². The van der Waals surface area contributed by atoms with Gasteiger partial charge in [-0.3, -0.25) is 39.9 Å². The van der Waals surface area contributed by atoms with Gasteiger partial charge in [0.15, 0.2) is 15.4 Å². The molecule has 0 unspecified atom stereocenters. The van der Waals surface area contributed by atoms with Gasteiger partial charge >= 0.3 is 5.97 Å². The zero-order chi connectivity index (χ0) is 47.4. The van der Waals surface area contributed by atoms with Gasteiger partial charge in [-0.1, -0.05) is 12.1 Å². The third kappa shape index (κ3) is 11.1. The summed E-state index contributed by atoms with van der Waals surface area (Å²) < 4.78 is 29.6. The number of carbonyl (C=O) groups excluding carboxylic acids is 5. The fourth-order valence-electron chi connectivity index (χ4n) is 6.73. The minimum Gasteiger partial charge on any atom is -0.478 e. The van der Waals surface area contributed by atoms with Crippen molar-refractivity contribution in [3.8, 4) is 22.3 Å². The lowest BCUT2D eigenvalue weighted by molar-refractivity contribution is 0.0695. The maximum atomic E-state index is 14.9. The van der Waals surface area contributed by atoms with E-state index in [1.807, 2.05) is 0 Å². The van der Waals surface area contributed by atoms with E-state index in [9.17, 15) is 42.7 Å². The van der Waals surface area contributed by atoms with E-state index in [0.29, 0.717) is 37.6 Å². The van der Waals surface area contributed by atoms with Crippen LogP contribution < -0.4 is 26.6 Å². The molecule has 0 bridgehead atoms. The van der Waals surface area contributed by atoms with Gasteiger partial charge in [0, 0.05) is 74.6 Å². The van der Waals surface area contributed by atoms with Crippen LogP contribution in [0.3, 0.4) is 0 Å². The molecule has 3 heterocycles. The van der Waals surface area contributed by atoms with Crippen LogP contribution in [-0.2, 0) is 0 Å². The van der Waals surface area contributed by atoms with Gasteiger partial charge in [-0.2, -0.15) is 0 Å². The fourth-order valence-corrected chi connectivity index (χ4v) is 8.31. The Labute approximate surface area is 392 Å². The Kier molecular flexibility index (Phi) is 13.7. The summed E-state index contributed by atoms with van der Waals surface area (Å²) in [5.41, 5.74) is 2.55. The summed E-state index contributed by atoms with van der Waals surface area (Å²) in [6.07, 6.45) is 8.24. The van der Waals surface area contributed by atoms with Crippen molar-refractivity contribution in [1.82, 2.24) is 25.6 Å². The number of thiazole rings is 3. The van der Waals surface area contributed by atoms with Crippen LogP contribution in [0.15, 0.2) is 95.4 Å². The molecule has 6 N–H and O–H groups in total. The smallest absolute Gasteiger partial charge is 0.335 e. The Morgan fingerprint density at radius 2 is 0.896 bits per heavy atom. The van der Waals surface area contributed by atoms with Crippen molar-refractivity contribution in [3.63, 3.8) is 0 Å². The number of hydrogen-bond donors (Lipinski definition) is 6. The molecule has 0 spiro atoms. The maximum Gasteiger partial charge on any atom is 0.335 e. The number of rotatable bonds is 13. The first-order valence-corrected chi connectivity index (χ1v) is 23.2. The molecule has 0 radical (unpaired) electrons. The van der Waals surface area contributed by atoms with E-state index in [1.54, 1.807) is 60.6 Å². The van der Waals surface area contributed by atoms with Crippen LogP contribution in [-0.4, -0.2) is 67.6 Å². The van der Waals surface area contributed by atoms with Crippen LogP contribution in [0.2, 0.25) is 0 Å². The van der Waals surface area contributed by atoms with Crippen molar-refractivity contribution < 1.29 is 42.7 Å². The van der Waals surface area contributed by atoms with E-state index in [0.717, 1.165) is 31.7 Å². The first-order chi connectivity index (χ1) is 32.2. The molecule has 340 valence electrons. The van der Waals surface area contributed by atoms with Crippen molar-refractivity contribution >= 4 is 84.9 Å². The van der Waals surface area contributed by atoms with E-state index < -0.39 is 41.2 Å². The molecule has 7 aromatic rings. The number of hydrogen-bond acceptors (Lipinski definition) is 12. The van der Waals surface area contributed by atoms with Crippen molar-refractivity contribution in [2.75, 3.05) is 16.0 Å². The topological polar surface area (TPSA) is 221 Å². The molecule has 0 atom stereocenters. The van der Waals surface area contributed by atoms with E-state index in [2.05, 4.69) is 41.5 Å². The zero-order valence-electron chi connectivity index (χ0n) is 35.4. The molecular formula is C47H38F2N8O7S3. The summed E-state index contributed by atoms with van der Waals surface area (Å²) in [7, 11) is 0. The SMILES string of the molecule is Cc1c(F)cc(C(=O)NC2CC2)cc1-c1ccc(C(=O)Nc2nccs2)cc1C(=O)Nc1nccs1.Cc1c(F)cc(C(=O)NC2CC2)cc1-c1ccc(C(=O)O)cc1C(=O)Nc1nccs1. The average Bonchev–Trinajstić information content (AvgIpc) is 4.08. The number of anilines is 3. The van der Waals surface area contributed by atoms with Gasteiger partial charge in [0.05, 0.1) is 5.56 Å². The van der Waals surface area contributed by atoms with Crippen LogP contribution in [0.1, 0.15) is 99.0 Å². The summed E-state index contributed by atoms with van der Waals surface area (Å²) in [5.74, 6) is -4.66. The van der Waals surface area contributed by atoms with Gasteiger partial charge < -0.3 is 15.7 Å². The number of amides is 5. The molecule has 9 rings (SSSR count). The average molecular weight is 961 g/mol. The summed E-state index contributed by atoms with van der Waals surface area (Å²) >= 11 is 3.72. The second-order valence-corrected chi connectivity index (χ2v) is 18.1. The molecule has 2 aliphatic carbocycles. The van der Waals surface area contributed by atoms with E-state index in [-0.39, 0.29) is 62.5 Å². The van der Waals surface area contributed by atoms with Crippen LogP contribution in [0.25, 0.3) is 22.3 Å². The minimum absolute atomic E-state index is 0.0392. The van der Waals surface area contributed by atoms with Crippen LogP contribution >= 0.6 is 34.0 Å². The predicted octanol–water partition coefficient (Wildman–Crippen LogP) is 9.21. The second kappa shape index (κ2) is 19.9. The monoisotopic (exact) mass is 960 g/mol. The van der Waals surface area contributed by atoms with Gasteiger partial charge in [0.25, 0.3) is 29.5 Å². The normalized spacial score (nSPS) is 12.8. The number of nitrogens with zero attached hydrogens (tertiary/aromatic N) is 3. The first-order valence-electron chi connectivity index (χ1n) is 20.6. The lowest BCUT2D eigenvalue weighted by Crippen LogP contribution is -2.25. The standard InChI is InChI=1S/C25H20FN5O3S2.C22H18FN3O4S/c1-13-18(11-15(12-20(13)26)22(33)29-16-3-4-16)17-5-2-14(21(32)30-24-27-6-8-35-24)10-19(17)23(34)31-25-28-7-9-36-25;1-11-16(9-13(10-18(11)23)19(27)25-14-3-4-14)15-5-2-12(21(29)30)8-17(15)20(28)26-22-24-6-7-31-22/h2,5-12,16H,3-4H2,1H3,(H,29,33)(H,27,30,32)(H,28,31,34);2,5-10,14H,3-4H2,1H3,(H,25,27)(H,29,30)(H,24,26,28). The number of aromatic nitrogens is 3. The Bertz CT molecular complexity index is 3050. The highest BCUT2D eigenvalue weighted by Crippen LogP contribution is 2.34. The zero-order valence-corrected chi connectivity index (χ0v) is 37.9. The Morgan fingerprint density at radius 3 is 1.27 bits per heavy atom. The summed E-state index contributed by atoms with van der Waals surface area (Å²) in [6.45, 7) is 3.12. The first kappa shape index (κ1) is 46.0. The number of halogens is 2. The second-order valence-electron chi connectivity index (χ2n) is 15.5. The largest absolute Gasteiger partial charge is 0.478 e. The molecule has 4 aromatic carbocycles. The molecule has 20 heteroatoms. The fraction of sp³-hybridized carbons (Fsp3) is 0.170. The van der Waals surface area contributed by atoms with E-state index in [4.69, 9.17) is 0 Å². The van der Waals surface area contributed by atoms with Gasteiger partial charge in [-0.05, 0) is 121 Å². The number of aromatic carboxylic acids is 1. The van der Waals surface area contributed by atoms with Crippen molar-refractivity contribution in [2.45, 2.75) is 51.6 Å². The van der Waals surface area contributed by atoms with Gasteiger partial charge in [-0.15, -0.1) is 34.0 Å². The van der Waals surface area contributed by atoms with E-state index in [1.165, 1.54) is 76.6 Å². The lowest BCUT2D eigenvalue weighted by atomic mass is 9.92. The Balaban J connectivity index is 0.000000184. The number of carbonyl (C=O) groups is 6. The van der Waals surface area contributed by atoms with Crippen molar-refractivity contribution in [1.29, 1.82) is 0 Å². The minimum atomic E-state index is -1.20. The predicted molar refractivity (Wildman–Crippen MR) is 251 cm³/mol. The molecular weight excluding hydrogens is 923 g/mol. The molecule has 2 saturated carbocycles. The van der Waals surface area contributed by atoms with E-state index >= 15 is 0 Å². The number of benzene rings is 4. The number of carboxylic acid groups (broad SMARTS) is 1. The van der Waals surface area contributed by atoms with Gasteiger partial charge in [0.2, 0.25) is 0 Å². The molecule has 15 nitrogen and oxygen atoms in total. The molecule has 0 saturated heterocycles. The molecule has 0 aliphatic heterocycles. The highest BCUT2D eigenvalue weighted by atomic mass is 32.1. The highest BCUT2D eigenvalue weighted by Gasteiger charge is 2.28. The number of nitrogens with one attached hydrogen (secondary N) is 5. The third-order valence-corrected chi connectivity index (χ3v) is 12.7. The van der Waals surface area contributed by atoms with Crippen LogP contribution in [0.4, 0.5) is 24.2 Å². The molecule has 67 heavy (non-hydrogen) atoms. The Morgan fingerprint density at radius 1 is 0.507 bits per heavy atom. The quantitative estimate of drug-likeness (QED) is 0.0643. The molecule has 2 fully saturated rings. The molecule has 5 amide bonds. The molecule has 3 aromatic heterocycles. The lowest BCUT2D eigenvalue weighted by Gasteiger charge is -2.15. The Hall–Kier alpha value is -7.55. The maximum absolute atomic E-state index is 14.9. The van der Waals surface area contributed by atoms with Crippen molar-refractivity contribution in [3.05, 3.63) is 152 Å². The summed E-state index contributed by atoms with van der Waals surface area (Å²) in [5, 5.41) is 29.3. The third-order valence-electron chi connectivity index (χ3n) is 10.6.